The minimum atomic E-state index is -0.414. The molecule has 0 spiro atoms. The standard InChI is InChI=1S/C15H14BrFO2/c16-9-4-10-18-15-8-7-13(11-14(15)17)19-12-5-2-1-3-6-12/h1-3,5-8,11H,4,9-10H2. The van der Waals surface area contributed by atoms with Gasteiger partial charge in [-0.05, 0) is 30.7 Å². The fraction of sp³-hybridized carbons (Fsp3) is 0.200. The maximum absolute atomic E-state index is 13.8. The summed E-state index contributed by atoms with van der Waals surface area (Å²) in [6.45, 7) is 0.487. The van der Waals surface area contributed by atoms with Gasteiger partial charge in [-0.2, -0.15) is 0 Å². The molecule has 0 fully saturated rings. The van der Waals surface area contributed by atoms with Crippen molar-refractivity contribution < 1.29 is 13.9 Å². The fourth-order valence-corrected chi connectivity index (χ4v) is 1.75. The average Bonchev–Trinajstić information content (AvgIpc) is 2.43. The molecule has 2 rings (SSSR count). The van der Waals surface area contributed by atoms with Gasteiger partial charge >= 0.3 is 0 Å². The SMILES string of the molecule is Fc1cc(Oc2ccccc2)ccc1OCCCBr. The normalized spacial score (nSPS) is 10.2. The minimum absolute atomic E-state index is 0.251. The van der Waals surface area contributed by atoms with Crippen LogP contribution in [0.4, 0.5) is 4.39 Å². The highest BCUT2D eigenvalue weighted by Gasteiger charge is 2.06. The van der Waals surface area contributed by atoms with Gasteiger partial charge in [-0.15, -0.1) is 0 Å². The molecule has 0 bridgehead atoms. The van der Waals surface area contributed by atoms with Gasteiger partial charge in [0.05, 0.1) is 6.61 Å². The Hall–Kier alpha value is -1.55. The summed E-state index contributed by atoms with van der Waals surface area (Å²) >= 11 is 3.30. The van der Waals surface area contributed by atoms with E-state index >= 15 is 0 Å². The summed E-state index contributed by atoms with van der Waals surface area (Å²) in [5.41, 5.74) is 0. The second-order valence-corrected chi connectivity index (χ2v) is 4.69. The van der Waals surface area contributed by atoms with Gasteiger partial charge in [-0.1, -0.05) is 34.1 Å². The van der Waals surface area contributed by atoms with Crippen molar-refractivity contribution in [1.82, 2.24) is 0 Å². The molecule has 0 saturated heterocycles. The topological polar surface area (TPSA) is 18.5 Å². The number of benzene rings is 2. The lowest BCUT2D eigenvalue weighted by Gasteiger charge is -2.09. The number of hydrogen-bond donors (Lipinski definition) is 0. The molecule has 2 aromatic carbocycles. The first-order valence-electron chi connectivity index (χ1n) is 6.01. The second-order valence-electron chi connectivity index (χ2n) is 3.90. The highest BCUT2D eigenvalue weighted by molar-refractivity contribution is 9.09. The maximum Gasteiger partial charge on any atom is 0.168 e. The second kappa shape index (κ2) is 7.14. The van der Waals surface area contributed by atoms with E-state index in [1.807, 2.05) is 30.3 Å². The third kappa shape index (κ3) is 4.24. The summed E-state index contributed by atoms with van der Waals surface area (Å²) in [4.78, 5) is 0. The lowest BCUT2D eigenvalue weighted by atomic mass is 10.3. The van der Waals surface area contributed by atoms with Gasteiger partial charge in [0.15, 0.2) is 11.6 Å². The molecule has 0 radical (unpaired) electrons. The van der Waals surface area contributed by atoms with Crippen LogP contribution in [0.1, 0.15) is 6.42 Å². The zero-order valence-corrected chi connectivity index (χ0v) is 11.9. The lowest BCUT2D eigenvalue weighted by Crippen LogP contribution is -1.99. The van der Waals surface area contributed by atoms with Gasteiger partial charge < -0.3 is 9.47 Å². The molecule has 0 aromatic heterocycles. The largest absolute Gasteiger partial charge is 0.490 e. The molecule has 4 heteroatoms. The molecule has 2 nitrogen and oxygen atoms in total. The van der Waals surface area contributed by atoms with E-state index in [1.165, 1.54) is 6.07 Å². The smallest absolute Gasteiger partial charge is 0.168 e. The van der Waals surface area contributed by atoms with Crippen molar-refractivity contribution in [3.8, 4) is 17.2 Å². The van der Waals surface area contributed by atoms with Gasteiger partial charge in [-0.25, -0.2) is 4.39 Å². The molecule has 0 saturated carbocycles. The third-order valence-electron chi connectivity index (χ3n) is 2.42. The summed E-state index contributed by atoms with van der Waals surface area (Å²) in [5, 5.41) is 0.837. The molecule has 2 aromatic rings. The molecule has 0 aliphatic rings. The Morgan fingerprint density at radius 2 is 1.79 bits per heavy atom. The molecule has 0 amide bonds. The summed E-state index contributed by atoms with van der Waals surface area (Å²) in [6.07, 6.45) is 0.835. The van der Waals surface area contributed by atoms with E-state index in [2.05, 4.69) is 15.9 Å². The Morgan fingerprint density at radius 1 is 1.00 bits per heavy atom. The van der Waals surface area contributed by atoms with E-state index in [9.17, 15) is 4.39 Å². The predicted octanol–water partition coefficient (Wildman–Crippen LogP) is 4.78. The van der Waals surface area contributed by atoms with Crippen LogP contribution in [0, 0.1) is 5.82 Å². The number of halogens is 2. The molecular formula is C15H14BrFO2. The highest BCUT2D eigenvalue weighted by atomic mass is 79.9. The highest BCUT2D eigenvalue weighted by Crippen LogP contribution is 2.26. The van der Waals surface area contributed by atoms with Crippen LogP contribution in [-0.2, 0) is 0 Å². The van der Waals surface area contributed by atoms with E-state index in [4.69, 9.17) is 9.47 Å². The van der Waals surface area contributed by atoms with Crippen molar-refractivity contribution in [1.29, 1.82) is 0 Å². The summed E-state index contributed by atoms with van der Waals surface area (Å²) in [5.74, 6) is 0.968. The van der Waals surface area contributed by atoms with E-state index in [0.29, 0.717) is 18.1 Å². The van der Waals surface area contributed by atoms with Gasteiger partial charge in [0.25, 0.3) is 0 Å². The van der Waals surface area contributed by atoms with Gasteiger partial charge in [-0.3, -0.25) is 0 Å². The quantitative estimate of drug-likeness (QED) is 0.562. The van der Waals surface area contributed by atoms with Crippen LogP contribution in [0.5, 0.6) is 17.2 Å². The average molecular weight is 325 g/mol. The molecule has 0 aliphatic heterocycles. The third-order valence-corrected chi connectivity index (χ3v) is 2.98. The molecule has 0 N–H and O–H groups in total. The van der Waals surface area contributed by atoms with Gasteiger partial charge in [0.2, 0.25) is 0 Å². The van der Waals surface area contributed by atoms with Crippen molar-refractivity contribution in [2.24, 2.45) is 0 Å². The fourth-order valence-electron chi connectivity index (χ4n) is 1.52. The van der Waals surface area contributed by atoms with Crippen LogP contribution in [0.15, 0.2) is 48.5 Å². The zero-order valence-electron chi connectivity index (χ0n) is 10.3. The van der Waals surface area contributed by atoms with Crippen molar-refractivity contribution in [3.05, 3.63) is 54.3 Å². The lowest BCUT2D eigenvalue weighted by molar-refractivity contribution is 0.302. The Labute approximate surface area is 120 Å². The summed E-state index contributed by atoms with van der Waals surface area (Å²) < 4.78 is 24.6. The van der Waals surface area contributed by atoms with Crippen molar-refractivity contribution >= 4 is 15.9 Å². The van der Waals surface area contributed by atoms with E-state index < -0.39 is 5.82 Å². The number of para-hydroxylation sites is 1. The number of rotatable bonds is 6. The molecule has 100 valence electrons. The maximum atomic E-state index is 13.8. The Kier molecular flexibility index (Phi) is 5.21. The van der Waals surface area contributed by atoms with Crippen LogP contribution < -0.4 is 9.47 Å². The van der Waals surface area contributed by atoms with Crippen molar-refractivity contribution in [2.75, 3.05) is 11.9 Å². The molecular weight excluding hydrogens is 311 g/mol. The van der Waals surface area contributed by atoms with Crippen LogP contribution in [-0.4, -0.2) is 11.9 Å². The minimum Gasteiger partial charge on any atom is -0.490 e. The van der Waals surface area contributed by atoms with Crippen LogP contribution in [0.25, 0.3) is 0 Å². The van der Waals surface area contributed by atoms with Crippen molar-refractivity contribution in [2.45, 2.75) is 6.42 Å². The zero-order chi connectivity index (χ0) is 13.5. The number of ether oxygens (including phenoxy) is 2. The number of hydrogen-bond acceptors (Lipinski definition) is 2. The van der Waals surface area contributed by atoms with E-state index in [-0.39, 0.29) is 5.75 Å². The first-order valence-corrected chi connectivity index (χ1v) is 7.13. The van der Waals surface area contributed by atoms with Crippen LogP contribution in [0.3, 0.4) is 0 Å². The molecule has 19 heavy (non-hydrogen) atoms. The van der Waals surface area contributed by atoms with Gasteiger partial charge in [0, 0.05) is 11.4 Å². The Morgan fingerprint density at radius 3 is 2.47 bits per heavy atom. The van der Waals surface area contributed by atoms with Crippen LogP contribution >= 0.6 is 15.9 Å². The summed E-state index contributed by atoms with van der Waals surface area (Å²) in [7, 11) is 0. The first kappa shape index (κ1) is 13.9. The molecule has 0 heterocycles. The molecule has 0 aliphatic carbocycles. The first-order chi connectivity index (χ1) is 9.29. The number of alkyl halides is 1. The van der Waals surface area contributed by atoms with Crippen molar-refractivity contribution in [3.63, 3.8) is 0 Å². The predicted molar refractivity (Wildman–Crippen MR) is 76.8 cm³/mol. The van der Waals surface area contributed by atoms with Gasteiger partial charge in [0.1, 0.15) is 11.5 Å². The van der Waals surface area contributed by atoms with E-state index in [0.717, 1.165) is 11.8 Å². The van der Waals surface area contributed by atoms with Crippen LogP contribution in [0.2, 0.25) is 0 Å². The Bertz CT molecular complexity index is 517. The molecule has 0 unspecified atom stereocenters. The monoisotopic (exact) mass is 324 g/mol. The molecule has 0 atom stereocenters. The summed E-state index contributed by atoms with van der Waals surface area (Å²) in [6, 6.07) is 13.9. The Balaban J connectivity index is 2.02. The van der Waals surface area contributed by atoms with E-state index in [1.54, 1.807) is 12.1 Å².